The molecule has 3 aliphatic carbocycles. The maximum Gasteiger partial charge on any atom is 0.338 e. The van der Waals surface area contributed by atoms with Gasteiger partial charge in [-0.15, -0.1) is 0 Å². The van der Waals surface area contributed by atoms with E-state index in [9.17, 15) is 24.3 Å². The van der Waals surface area contributed by atoms with Gasteiger partial charge in [-0.1, -0.05) is 45.9 Å². The second-order valence-electron chi connectivity index (χ2n) is 13.4. The van der Waals surface area contributed by atoms with Crippen LogP contribution in [0, 0.1) is 22.7 Å². The van der Waals surface area contributed by atoms with Gasteiger partial charge in [0, 0.05) is 44.3 Å². The Kier molecular flexibility index (Phi) is 8.00. The first-order valence-corrected chi connectivity index (χ1v) is 15.8. The zero-order chi connectivity index (χ0) is 33.1. The van der Waals surface area contributed by atoms with Gasteiger partial charge in [0.25, 0.3) is 0 Å². The summed E-state index contributed by atoms with van der Waals surface area (Å²) in [5.41, 5.74) is -5.09. The number of rotatable bonds is 6. The fourth-order valence-electron chi connectivity index (χ4n) is 8.44. The summed E-state index contributed by atoms with van der Waals surface area (Å²) < 4.78 is 38.1. The maximum atomic E-state index is 14.9. The van der Waals surface area contributed by atoms with E-state index in [1.54, 1.807) is 58.0 Å². The molecule has 1 unspecified atom stereocenters. The number of ketones is 1. The van der Waals surface area contributed by atoms with Gasteiger partial charge in [0.05, 0.1) is 24.2 Å². The van der Waals surface area contributed by atoms with E-state index in [-0.39, 0.29) is 36.3 Å². The first kappa shape index (κ1) is 31.3. The first-order valence-electron chi connectivity index (χ1n) is 15.6. The SMILES string of the molecule is [3H]CSO[C@H]1C[C@@]2(O)[C@@H](OC(=O)c3ccccc3)C3[C@](C)([C@H](OC(C)=O)C(=O)C(=C1C)C2(C)C)[C@@H](C)C[C@H]1OC[C@@]31OC(C)=O. The Morgan fingerprint density at radius 2 is 1.77 bits per heavy atom. The van der Waals surface area contributed by atoms with Crippen LogP contribution >= 0.6 is 12.0 Å². The van der Waals surface area contributed by atoms with Gasteiger partial charge >= 0.3 is 17.9 Å². The van der Waals surface area contributed by atoms with Crippen molar-refractivity contribution in [3.05, 3.63) is 47.0 Å². The average molecular weight is 633 g/mol. The fraction of sp³-hybridized carbons (Fsp3) is 0.636. The number of esters is 3. The van der Waals surface area contributed by atoms with Gasteiger partial charge in [-0.3, -0.25) is 14.4 Å². The summed E-state index contributed by atoms with van der Waals surface area (Å²) in [6, 6.07) is 8.34. The topological polar surface area (TPSA) is 135 Å². The smallest absolute Gasteiger partial charge is 0.338 e. The summed E-state index contributed by atoms with van der Waals surface area (Å²) in [5, 5.41) is 13.2. The predicted octanol–water partition coefficient (Wildman–Crippen LogP) is 4.23. The van der Waals surface area contributed by atoms with Crippen LogP contribution in [0.3, 0.4) is 0 Å². The highest BCUT2D eigenvalue weighted by atomic mass is 32.2. The second-order valence-corrected chi connectivity index (χ2v) is 13.8. The van der Waals surface area contributed by atoms with Gasteiger partial charge < -0.3 is 28.2 Å². The molecule has 44 heavy (non-hydrogen) atoms. The molecule has 2 bridgehead atoms. The van der Waals surface area contributed by atoms with Crippen LogP contribution in [0.2, 0.25) is 0 Å². The Morgan fingerprint density at radius 1 is 1.09 bits per heavy atom. The highest BCUT2D eigenvalue weighted by Gasteiger charge is 2.77. The van der Waals surface area contributed by atoms with Crippen LogP contribution in [-0.4, -0.2) is 77.3 Å². The third-order valence-electron chi connectivity index (χ3n) is 10.8. The van der Waals surface area contributed by atoms with Gasteiger partial charge in [-0.05, 0) is 49.0 Å². The van der Waals surface area contributed by atoms with Crippen LogP contribution in [0.15, 0.2) is 41.5 Å². The minimum Gasteiger partial charge on any atom is -0.455 e. The van der Waals surface area contributed by atoms with E-state index in [1.807, 2.05) is 6.92 Å². The van der Waals surface area contributed by atoms with Crippen LogP contribution in [-0.2, 0) is 37.5 Å². The summed E-state index contributed by atoms with van der Waals surface area (Å²) in [7, 11) is 0. The molecule has 5 rings (SSSR count). The lowest BCUT2D eigenvalue weighted by atomic mass is 9.43. The highest BCUT2D eigenvalue weighted by molar-refractivity contribution is 7.93. The Labute approximate surface area is 263 Å². The summed E-state index contributed by atoms with van der Waals surface area (Å²) in [4.78, 5) is 54.4. The third kappa shape index (κ3) is 4.65. The Hall–Kier alpha value is -2.73. The zero-order valence-electron chi connectivity index (χ0n) is 27.2. The lowest BCUT2D eigenvalue weighted by molar-refractivity contribution is -0.351. The van der Waals surface area contributed by atoms with Crippen LogP contribution in [0.4, 0.5) is 0 Å². The van der Waals surface area contributed by atoms with E-state index in [4.69, 9.17) is 24.5 Å². The van der Waals surface area contributed by atoms with Gasteiger partial charge in [-0.2, -0.15) is 0 Å². The number of carbonyl (C=O) groups excluding carboxylic acids is 4. The summed E-state index contributed by atoms with van der Waals surface area (Å²) >= 11 is 0.862. The van der Waals surface area contributed by atoms with Crippen LogP contribution in [0.1, 0.15) is 73.0 Å². The molecule has 0 radical (unpaired) electrons. The Balaban J connectivity index is 1.85. The molecule has 0 amide bonds. The molecule has 1 aromatic carbocycles. The van der Waals surface area contributed by atoms with Crippen LogP contribution in [0.5, 0.6) is 0 Å². The molecule has 10 nitrogen and oxygen atoms in total. The molecule has 1 N–H and O–H groups in total. The molecular formula is C33H42O10S. The number of aliphatic hydroxyl groups is 1. The highest BCUT2D eigenvalue weighted by Crippen LogP contribution is 2.66. The van der Waals surface area contributed by atoms with Gasteiger partial charge in [-0.25, -0.2) is 4.79 Å². The van der Waals surface area contributed by atoms with E-state index >= 15 is 0 Å². The van der Waals surface area contributed by atoms with Crippen molar-refractivity contribution in [1.82, 2.24) is 0 Å². The van der Waals surface area contributed by atoms with Gasteiger partial charge in [0.15, 0.2) is 11.7 Å². The standard InChI is InChI=1S/C33H42O10S/c1-17-14-23-32(16-39-23,42-20(4)35)26-28(41-29(37)21-12-10-9-11-13-21)33(38)15-22(43-44-8)18(2)24(30(33,5)6)25(36)27(31(17,26)7)40-19(3)34/h9-13,17,22-23,26-28,38H,14-16H2,1-8H3/t17-,22-,23+,26?,27+,28-,31+,32-,33+/m0/s1/i8T. The van der Waals surface area contributed by atoms with E-state index in [0.717, 1.165) is 12.0 Å². The lowest BCUT2D eigenvalue weighted by Crippen LogP contribution is -2.81. The zero-order valence-corrected chi connectivity index (χ0v) is 27.0. The normalized spacial score (nSPS) is 39.4. The predicted molar refractivity (Wildman–Crippen MR) is 160 cm³/mol. The molecule has 2 saturated carbocycles. The van der Waals surface area contributed by atoms with Crippen LogP contribution < -0.4 is 0 Å². The monoisotopic (exact) mass is 632 g/mol. The van der Waals surface area contributed by atoms with Crippen molar-refractivity contribution in [2.24, 2.45) is 22.7 Å². The molecule has 3 fully saturated rings. The fourth-order valence-corrected chi connectivity index (χ4v) is 8.82. The average Bonchev–Trinajstić information content (AvgIpc) is 2.96. The number of hydrogen-bond donors (Lipinski definition) is 1. The quantitative estimate of drug-likeness (QED) is 0.274. The molecule has 240 valence electrons. The minimum absolute atomic E-state index is 0.0720. The minimum atomic E-state index is -1.97. The molecule has 0 spiro atoms. The van der Waals surface area contributed by atoms with Crippen molar-refractivity contribution in [3.8, 4) is 0 Å². The van der Waals surface area contributed by atoms with E-state index < -0.39 is 76.1 Å². The second kappa shape index (κ2) is 11.3. The van der Waals surface area contributed by atoms with Crippen molar-refractivity contribution in [3.63, 3.8) is 0 Å². The number of benzene rings is 1. The number of carbonyl (C=O) groups is 4. The molecule has 11 heteroatoms. The summed E-state index contributed by atoms with van der Waals surface area (Å²) in [6.07, 6.45) is -4.14. The molecule has 0 aromatic heterocycles. The molecule has 1 aliphatic heterocycles. The largest absolute Gasteiger partial charge is 0.455 e. The van der Waals surface area contributed by atoms with Crippen molar-refractivity contribution < 1.29 is 48.8 Å². The third-order valence-corrected chi connectivity index (χ3v) is 11.2. The summed E-state index contributed by atoms with van der Waals surface area (Å²) in [6.45, 7) is 11.3. The molecule has 4 aliphatic rings. The number of hydrogen-bond acceptors (Lipinski definition) is 11. The number of fused-ring (bicyclic) bond motifs is 5. The van der Waals surface area contributed by atoms with Gasteiger partial charge in [0.2, 0.25) is 5.78 Å². The van der Waals surface area contributed by atoms with E-state index in [0.29, 0.717) is 12.0 Å². The molecule has 1 heterocycles. The van der Waals surface area contributed by atoms with Crippen molar-refractivity contribution in [2.45, 2.75) is 96.9 Å². The van der Waals surface area contributed by atoms with E-state index in [1.165, 1.54) is 13.8 Å². The summed E-state index contributed by atoms with van der Waals surface area (Å²) in [5.74, 6) is -3.97. The first-order chi connectivity index (χ1) is 21.1. The van der Waals surface area contributed by atoms with Crippen molar-refractivity contribution in [2.75, 3.05) is 12.8 Å². The Bertz CT molecular complexity index is 1410. The number of ether oxygens (including phenoxy) is 4. The van der Waals surface area contributed by atoms with Crippen molar-refractivity contribution in [1.29, 1.82) is 0 Å². The lowest BCUT2D eigenvalue weighted by Gasteiger charge is -2.68. The van der Waals surface area contributed by atoms with Crippen LogP contribution in [0.25, 0.3) is 0 Å². The molecule has 1 aromatic rings. The van der Waals surface area contributed by atoms with E-state index in [2.05, 4.69) is 0 Å². The molecular weight excluding hydrogens is 588 g/mol. The maximum absolute atomic E-state index is 14.9. The van der Waals surface area contributed by atoms with Crippen molar-refractivity contribution >= 4 is 35.7 Å². The molecule has 1 saturated heterocycles. The van der Waals surface area contributed by atoms with Gasteiger partial charge in [0.1, 0.15) is 17.8 Å². The molecule has 9 atom stereocenters. The number of Topliss-reactive ketones (excluding diaryl/α,β-unsaturated/α-hetero) is 1. The Morgan fingerprint density at radius 3 is 2.34 bits per heavy atom.